The van der Waals surface area contributed by atoms with Crippen LogP contribution in [0.25, 0.3) is 0 Å². The van der Waals surface area contributed by atoms with E-state index in [4.69, 9.17) is 0 Å². The standard InChI is InChI=1S/C13H20N2OS.ClH/c1-11-10-14-7-8-15(11)13(16)6-2-4-12-5-3-9-17-12;/h3,5,9,11,14H,2,4,6-8,10H2,1H3;1H. The van der Waals surface area contributed by atoms with E-state index in [9.17, 15) is 4.79 Å². The van der Waals surface area contributed by atoms with E-state index in [1.807, 2.05) is 4.90 Å². The first-order chi connectivity index (χ1) is 8.27. The lowest BCUT2D eigenvalue weighted by Gasteiger charge is -2.34. The van der Waals surface area contributed by atoms with E-state index < -0.39 is 0 Å². The summed E-state index contributed by atoms with van der Waals surface area (Å²) in [5.41, 5.74) is 0. The first-order valence-electron chi connectivity index (χ1n) is 6.30. The van der Waals surface area contributed by atoms with Gasteiger partial charge in [0.2, 0.25) is 5.91 Å². The minimum Gasteiger partial charge on any atom is -0.337 e. The summed E-state index contributed by atoms with van der Waals surface area (Å²) >= 11 is 1.78. The molecule has 1 amide bonds. The maximum atomic E-state index is 12.0. The fourth-order valence-electron chi connectivity index (χ4n) is 2.22. The van der Waals surface area contributed by atoms with Gasteiger partial charge >= 0.3 is 0 Å². The van der Waals surface area contributed by atoms with E-state index in [0.717, 1.165) is 32.5 Å². The van der Waals surface area contributed by atoms with Crippen LogP contribution < -0.4 is 5.32 Å². The molecule has 1 unspecified atom stereocenters. The van der Waals surface area contributed by atoms with Crippen molar-refractivity contribution in [3.8, 4) is 0 Å². The second kappa shape index (κ2) is 7.77. The van der Waals surface area contributed by atoms with Crippen LogP contribution in [0.5, 0.6) is 0 Å². The molecule has 102 valence electrons. The van der Waals surface area contributed by atoms with Crippen LogP contribution in [0.3, 0.4) is 0 Å². The third-order valence-electron chi connectivity index (χ3n) is 3.22. The highest BCUT2D eigenvalue weighted by Crippen LogP contribution is 2.13. The molecular weight excluding hydrogens is 268 g/mol. The van der Waals surface area contributed by atoms with Gasteiger partial charge in [-0.3, -0.25) is 4.79 Å². The Labute approximate surface area is 119 Å². The summed E-state index contributed by atoms with van der Waals surface area (Å²) in [4.78, 5) is 15.4. The molecule has 0 saturated carbocycles. The third kappa shape index (κ3) is 4.26. The topological polar surface area (TPSA) is 32.3 Å². The predicted octanol–water partition coefficient (Wildman–Crippen LogP) is 2.31. The Hall–Kier alpha value is -0.580. The summed E-state index contributed by atoms with van der Waals surface area (Å²) in [7, 11) is 0. The molecule has 1 aromatic rings. The maximum absolute atomic E-state index is 12.0. The van der Waals surface area contributed by atoms with Gasteiger partial charge in [0, 0.05) is 37.0 Å². The molecular formula is C13H21ClN2OS. The van der Waals surface area contributed by atoms with Crippen molar-refractivity contribution in [3.05, 3.63) is 22.4 Å². The van der Waals surface area contributed by atoms with Gasteiger partial charge in [-0.1, -0.05) is 6.07 Å². The summed E-state index contributed by atoms with van der Waals surface area (Å²) in [5.74, 6) is 0.315. The number of thiophene rings is 1. The van der Waals surface area contributed by atoms with Crippen LogP contribution in [0.4, 0.5) is 0 Å². The predicted molar refractivity (Wildman–Crippen MR) is 78.5 cm³/mol. The highest BCUT2D eigenvalue weighted by molar-refractivity contribution is 7.09. The van der Waals surface area contributed by atoms with E-state index in [-0.39, 0.29) is 12.4 Å². The Morgan fingerprint density at radius 2 is 2.44 bits per heavy atom. The first-order valence-corrected chi connectivity index (χ1v) is 7.18. The lowest BCUT2D eigenvalue weighted by atomic mass is 10.1. The Balaban J connectivity index is 0.00000162. The molecule has 0 spiro atoms. The quantitative estimate of drug-likeness (QED) is 0.922. The van der Waals surface area contributed by atoms with Crippen molar-refractivity contribution in [2.24, 2.45) is 0 Å². The lowest BCUT2D eigenvalue weighted by molar-refractivity contribution is -0.134. The fraction of sp³-hybridized carbons (Fsp3) is 0.615. The van der Waals surface area contributed by atoms with Crippen LogP contribution >= 0.6 is 23.7 Å². The zero-order valence-corrected chi connectivity index (χ0v) is 12.4. The normalized spacial score (nSPS) is 19.4. The molecule has 1 fully saturated rings. The number of amides is 1. The minimum absolute atomic E-state index is 0. The second-order valence-corrected chi connectivity index (χ2v) is 5.61. The van der Waals surface area contributed by atoms with Gasteiger partial charge in [-0.2, -0.15) is 0 Å². The van der Waals surface area contributed by atoms with Gasteiger partial charge in [0.05, 0.1) is 0 Å². The summed E-state index contributed by atoms with van der Waals surface area (Å²) in [6, 6.07) is 4.56. The van der Waals surface area contributed by atoms with Crippen LogP contribution in [0, 0.1) is 0 Å². The Bertz CT molecular complexity index is 356. The van der Waals surface area contributed by atoms with Crippen molar-refractivity contribution in [2.45, 2.75) is 32.2 Å². The molecule has 5 heteroatoms. The number of hydrogen-bond donors (Lipinski definition) is 1. The first kappa shape index (κ1) is 15.5. The van der Waals surface area contributed by atoms with Crippen LogP contribution in [0.2, 0.25) is 0 Å². The monoisotopic (exact) mass is 288 g/mol. The van der Waals surface area contributed by atoms with Gasteiger partial charge in [0.1, 0.15) is 0 Å². The molecule has 0 bridgehead atoms. The molecule has 1 aromatic heterocycles. The number of nitrogens with one attached hydrogen (secondary N) is 1. The second-order valence-electron chi connectivity index (χ2n) is 4.57. The van der Waals surface area contributed by atoms with Crippen molar-refractivity contribution in [2.75, 3.05) is 19.6 Å². The Kier molecular flexibility index (Phi) is 6.68. The molecule has 0 aliphatic carbocycles. The molecule has 2 heterocycles. The van der Waals surface area contributed by atoms with Crippen LogP contribution in [0.1, 0.15) is 24.6 Å². The van der Waals surface area contributed by atoms with Crippen LogP contribution in [-0.2, 0) is 11.2 Å². The van der Waals surface area contributed by atoms with Crippen molar-refractivity contribution in [1.29, 1.82) is 0 Å². The maximum Gasteiger partial charge on any atom is 0.222 e. The summed E-state index contributed by atoms with van der Waals surface area (Å²) in [6.07, 6.45) is 2.68. The number of aryl methyl sites for hydroxylation is 1. The van der Waals surface area contributed by atoms with E-state index in [2.05, 4.69) is 29.8 Å². The molecule has 0 aromatic carbocycles. The fourth-order valence-corrected chi connectivity index (χ4v) is 2.98. The number of hydrogen-bond acceptors (Lipinski definition) is 3. The largest absolute Gasteiger partial charge is 0.337 e. The molecule has 1 aliphatic heterocycles. The molecule has 1 N–H and O–H groups in total. The number of piperazine rings is 1. The van der Waals surface area contributed by atoms with Gasteiger partial charge in [-0.15, -0.1) is 23.7 Å². The van der Waals surface area contributed by atoms with Gasteiger partial charge in [-0.05, 0) is 31.2 Å². The number of carbonyl (C=O) groups excluding carboxylic acids is 1. The molecule has 1 saturated heterocycles. The van der Waals surface area contributed by atoms with Gasteiger partial charge in [0.25, 0.3) is 0 Å². The van der Waals surface area contributed by atoms with Crippen molar-refractivity contribution in [3.63, 3.8) is 0 Å². The zero-order chi connectivity index (χ0) is 12.1. The molecule has 1 atom stereocenters. The smallest absolute Gasteiger partial charge is 0.222 e. The Morgan fingerprint density at radius 3 is 3.11 bits per heavy atom. The van der Waals surface area contributed by atoms with E-state index in [0.29, 0.717) is 18.4 Å². The van der Waals surface area contributed by atoms with Crippen LogP contribution in [-0.4, -0.2) is 36.5 Å². The Morgan fingerprint density at radius 1 is 1.61 bits per heavy atom. The van der Waals surface area contributed by atoms with Crippen LogP contribution in [0.15, 0.2) is 17.5 Å². The molecule has 18 heavy (non-hydrogen) atoms. The highest BCUT2D eigenvalue weighted by Gasteiger charge is 2.22. The lowest BCUT2D eigenvalue weighted by Crippen LogP contribution is -2.52. The van der Waals surface area contributed by atoms with E-state index in [1.54, 1.807) is 11.3 Å². The summed E-state index contributed by atoms with van der Waals surface area (Å²) in [5, 5.41) is 5.40. The van der Waals surface area contributed by atoms with Crippen molar-refractivity contribution < 1.29 is 4.79 Å². The average Bonchev–Trinajstić information content (AvgIpc) is 2.82. The number of nitrogens with zero attached hydrogens (tertiary/aromatic N) is 1. The average molecular weight is 289 g/mol. The summed E-state index contributed by atoms with van der Waals surface area (Å²) in [6.45, 7) is 4.83. The van der Waals surface area contributed by atoms with E-state index in [1.165, 1.54) is 4.88 Å². The summed E-state index contributed by atoms with van der Waals surface area (Å²) < 4.78 is 0. The zero-order valence-electron chi connectivity index (χ0n) is 10.7. The number of rotatable bonds is 4. The van der Waals surface area contributed by atoms with Crippen molar-refractivity contribution >= 4 is 29.7 Å². The molecule has 0 radical (unpaired) electrons. The number of carbonyl (C=O) groups is 1. The number of halogens is 1. The minimum atomic E-state index is 0. The molecule has 3 nitrogen and oxygen atoms in total. The van der Waals surface area contributed by atoms with Gasteiger partial charge < -0.3 is 10.2 Å². The molecule has 1 aliphatic rings. The van der Waals surface area contributed by atoms with Gasteiger partial charge in [-0.25, -0.2) is 0 Å². The highest BCUT2D eigenvalue weighted by atomic mass is 35.5. The van der Waals surface area contributed by atoms with E-state index >= 15 is 0 Å². The molecule has 2 rings (SSSR count). The third-order valence-corrected chi connectivity index (χ3v) is 4.15. The SMILES string of the molecule is CC1CNCCN1C(=O)CCCc1cccs1.Cl. The van der Waals surface area contributed by atoms with Gasteiger partial charge in [0.15, 0.2) is 0 Å². The van der Waals surface area contributed by atoms with Crippen molar-refractivity contribution in [1.82, 2.24) is 10.2 Å².